The van der Waals surface area contributed by atoms with Gasteiger partial charge in [-0.15, -0.1) is 0 Å². The summed E-state index contributed by atoms with van der Waals surface area (Å²) < 4.78 is 4.49. The number of hydrogen-bond donors (Lipinski definition) is 2. The number of hydrogen-bond acceptors (Lipinski definition) is 4. The number of thiocarbonyl (C=S) groups is 1. The topological polar surface area (TPSA) is 82.2 Å². The molecule has 0 atom stereocenters. The van der Waals surface area contributed by atoms with Gasteiger partial charge in [0.15, 0.2) is 10.8 Å². The van der Waals surface area contributed by atoms with E-state index in [4.69, 9.17) is 5.73 Å². The lowest BCUT2D eigenvalue weighted by Crippen LogP contribution is -2.31. The van der Waals surface area contributed by atoms with Crippen LogP contribution in [0.3, 0.4) is 0 Å². The fraction of sp³-hybridized carbons (Fsp3) is 0.167. The zero-order chi connectivity index (χ0) is 9.84. The highest BCUT2D eigenvalue weighted by molar-refractivity contribution is 7.80. The number of esters is 1. The predicted molar refractivity (Wildman–Crippen MR) is 49.7 cm³/mol. The molecule has 0 aliphatic rings. The Labute approximate surface area is 79.6 Å². The molecular formula is C6H8N4O2S. The van der Waals surface area contributed by atoms with Gasteiger partial charge >= 0.3 is 5.97 Å². The Balaban J connectivity index is 2.89. The minimum absolute atomic E-state index is 0.0221. The molecule has 0 radical (unpaired) electrons. The van der Waals surface area contributed by atoms with Crippen LogP contribution in [0.4, 0.5) is 0 Å². The molecule has 0 unspecified atom stereocenters. The monoisotopic (exact) mass is 200 g/mol. The molecule has 70 valence electrons. The van der Waals surface area contributed by atoms with Crippen molar-refractivity contribution in [3.8, 4) is 0 Å². The quantitative estimate of drug-likeness (QED) is 0.492. The summed E-state index contributed by atoms with van der Waals surface area (Å²) in [5, 5.41) is 3.78. The zero-order valence-corrected chi connectivity index (χ0v) is 7.67. The van der Waals surface area contributed by atoms with Crippen molar-refractivity contribution in [2.75, 3.05) is 12.5 Å². The summed E-state index contributed by atoms with van der Waals surface area (Å²) in [4.78, 5) is 12.2. The molecule has 7 heteroatoms. The van der Waals surface area contributed by atoms with Gasteiger partial charge < -0.3 is 10.5 Å². The molecular weight excluding hydrogens is 192 g/mol. The van der Waals surface area contributed by atoms with E-state index in [-0.39, 0.29) is 10.8 Å². The number of nitrogens with one attached hydrogen (secondary N) is 1. The summed E-state index contributed by atoms with van der Waals surface area (Å²) in [6.07, 6.45) is 1.43. The molecule has 1 aromatic rings. The van der Waals surface area contributed by atoms with Crippen molar-refractivity contribution in [1.29, 1.82) is 0 Å². The Morgan fingerprint density at radius 3 is 3.08 bits per heavy atom. The maximum absolute atomic E-state index is 11.1. The first-order valence-corrected chi connectivity index (χ1v) is 3.74. The number of carbonyl (C=O) groups is 1. The lowest BCUT2D eigenvalue weighted by molar-refractivity contribution is 0.0589. The lowest BCUT2D eigenvalue weighted by atomic mass is 10.4. The number of carbonyl (C=O) groups excluding carboxylic acids is 1. The van der Waals surface area contributed by atoms with Crippen molar-refractivity contribution in [3.63, 3.8) is 0 Å². The van der Waals surface area contributed by atoms with Crippen molar-refractivity contribution in [2.24, 2.45) is 5.73 Å². The largest absolute Gasteiger partial charge is 0.464 e. The molecule has 0 saturated heterocycles. The van der Waals surface area contributed by atoms with Gasteiger partial charge in [0.2, 0.25) is 0 Å². The number of rotatable bonds is 2. The first-order chi connectivity index (χ1) is 6.15. The number of methoxy groups -OCH3 is 1. The molecule has 0 aliphatic heterocycles. The molecule has 0 aromatic carbocycles. The highest BCUT2D eigenvalue weighted by Crippen LogP contribution is 1.97. The summed E-state index contributed by atoms with van der Waals surface area (Å²) >= 11 is 4.58. The SMILES string of the molecule is COC(=O)c1ccnn1NC(N)=S. The van der Waals surface area contributed by atoms with E-state index in [1.165, 1.54) is 19.4 Å². The van der Waals surface area contributed by atoms with Crippen molar-refractivity contribution in [3.05, 3.63) is 18.0 Å². The van der Waals surface area contributed by atoms with Crippen LogP contribution in [0.2, 0.25) is 0 Å². The number of ether oxygens (including phenoxy) is 1. The van der Waals surface area contributed by atoms with Gasteiger partial charge in [0, 0.05) is 0 Å². The van der Waals surface area contributed by atoms with Crippen molar-refractivity contribution < 1.29 is 9.53 Å². The molecule has 0 spiro atoms. The highest BCUT2D eigenvalue weighted by atomic mass is 32.1. The Hall–Kier alpha value is -1.63. The fourth-order valence-electron chi connectivity index (χ4n) is 0.756. The molecule has 0 bridgehead atoms. The van der Waals surface area contributed by atoms with Gasteiger partial charge in [-0.25, -0.2) is 4.79 Å². The van der Waals surface area contributed by atoms with Crippen LogP contribution in [-0.4, -0.2) is 28.1 Å². The molecule has 0 amide bonds. The van der Waals surface area contributed by atoms with Crippen molar-refractivity contribution in [1.82, 2.24) is 9.89 Å². The average Bonchev–Trinajstić information content (AvgIpc) is 2.50. The second kappa shape index (κ2) is 3.85. The van der Waals surface area contributed by atoms with Gasteiger partial charge in [0.1, 0.15) is 0 Å². The van der Waals surface area contributed by atoms with Gasteiger partial charge in [-0.3, -0.25) is 5.43 Å². The van der Waals surface area contributed by atoms with Crippen molar-refractivity contribution >= 4 is 23.3 Å². The fourth-order valence-corrected chi connectivity index (χ4v) is 0.842. The number of nitrogens with two attached hydrogens (primary N) is 1. The molecule has 0 saturated carbocycles. The summed E-state index contributed by atoms with van der Waals surface area (Å²) in [6, 6.07) is 1.48. The maximum atomic E-state index is 11.1. The maximum Gasteiger partial charge on any atom is 0.358 e. The van der Waals surface area contributed by atoms with E-state index in [1.54, 1.807) is 0 Å². The molecule has 3 N–H and O–H groups in total. The van der Waals surface area contributed by atoms with Crippen LogP contribution in [0.25, 0.3) is 0 Å². The van der Waals surface area contributed by atoms with E-state index in [0.717, 1.165) is 4.79 Å². The lowest BCUT2D eigenvalue weighted by Gasteiger charge is -2.05. The van der Waals surface area contributed by atoms with E-state index in [1.807, 2.05) is 0 Å². The molecule has 0 aliphatic carbocycles. The van der Waals surface area contributed by atoms with Crippen LogP contribution in [0, 0.1) is 0 Å². The van der Waals surface area contributed by atoms with Gasteiger partial charge in [-0.1, -0.05) is 0 Å². The Morgan fingerprint density at radius 1 is 1.85 bits per heavy atom. The van der Waals surface area contributed by atoms with E-state index in [2.05, 4.69) is 27.5 Å². The molecule has 6 nitrogen and oxygen atoms in total. The Morgan fingerprint density at radius 2 is 2.54 bits per heavy atom. The average molecular weight is 200 g/mol. The third-order valence-electron chi connectivity index (χ3n) is 1.25. The molecule has 1 aromatic heterocycles. The zero-order valence-electron chi connectivity index (χ0n) is 6.85. The summed E-state index contributed by atoms with van der Waals surface area (Å²) in [5.41, 5.74) is 7.92. The molecule has 1 heterocycles. The normalized spacial score (nSPS) is 9.31. The van der Waals surface area contributed by atoms with E-state index < -0.39 is 5.97 Å². The van der Waals surface area contributed by atoms with Crippen LogP contribution in [-0.2, 0) is 4.74 Å². The van der Waals surface area contributed by atoms with E-state index >= 15 is 0 Å². The Bertz CT molecular complexity index is 335. The third-order valence-corrected chi connectivity index (χ3v) is 1.34. The van der Waals surface area contributed by atoms with E-state index in [9.17, 15) is 4.79 Å². The van der Waals surface area contributed by atoms with Crippen LogP contribution in [0.15, 0.2) is 12.3 Å². The van der Waals surface area contributed by atoms with Crippen LogP contribution >= 0.6 is 12.2 Å². The minimum atomic E-state index is -0.513. The third kappa shape index (κ3) is 2.15. The van der Waals surface area contributed by atoms with Gasteiger partial charge in [0.05, 0.1) is 13.3 Å². The van der Waals surface area contributed by atoms with Gasteiger partial charge in [0.25, 0.3) is 0 Å². The van der Waals surface area contributed by atoms with Gasteiger partial charge in [-0.05, 0) is 18.3 Å². The van der Waals surface area contributed by atoms with E-state index in [0.29, 0.717) is 0 Å². The summed E-state index contributed by atoms with van der Waals surface area (Å²) in [5.74, 6) is -0.513. The second-order valence-electron chi connectivity index (χ2n) is 2.10. The standard InChI is InChI=1S/C6H8N4O2S/c1-12-5(11)4-2-3-8-10(4)9-6(7)13/h2-3H,1H3,(H3,7,9,13). The molecule has 0 fully saturated rings. The first-order valence-electron chi connectivity index (χ1n) is 3.34. The number of nitrogens with zero attached hydrogens (tertiary/aromatic N) is 2. The minimum Gasteiger partial charge on any atom is -0.464 e. The molecule has 13 heavy (non-hydrogen) atoms. The summed E-state index contributed by atoms with van der Waals surface area (Å²) in [7, 11) is 1.28. The molecule has 1 rings (SSSR count). The predicted octanol–water partition coefficient (Wildman–Crippen LogP) is -0.543. The first kappa shape index (κ1) is 9.46. The second-order valence-corrected chi connectivity index (χ2v) is 2.54. The smallest absolute Gasteiger partial charge is 0.358 e. The van der Waals surface area contributed by atoms with Crippen LogP contribution in [0.1, 0.15) is 10.5 Å². The number of aromatic nitrogens is 2. The highest BCUT2D eigenvalue weighted by Gasteiger charge is 2.11. The Kier molecular flexibility index (Phi) is 2.80. The van der Waals surface area contributed by atoms with Crippen LogP contribution in [0.5, 0.6) is 0 Å². The van der Waals surface area contributed by atoms with Crippen LogP contribution < -0.4 is 11.2 Å². The summed E-state index contributed by atoms with van der Waals surface area (Å²) in [6.45, 7) is 0. The van der Waals surface area contributed by atoms with Crippen molar-refractivity contribution in [2.45, 2.75) is 0 Å². The van der Waals surface area contributed by atoms with Gasteiger partial charge in [-0.2, -0.15) is 9.89 Å².